The number of nitrogens with two attached hydrogens (primary N) is 1. The van der Waals surface area contributed by atoms with Gasteiger partial charge < -0.3 is 10.2 Å². The summed E-state index contributed by atoms with van der Waals surface area (Å²) in [6, 6.07) is 0. The molecule has 0 unspecified atom stereocenters. The van der Waals surface area contributed by atoms with Crippen LogP contribution in [0.5, 0.6) is 0 Å². The largest absolute Gasteiger partial charge is 0.428 e. The fraction of sp³-hybridized carbons (Fsp3) is 0.750. The Hall–Kier alpha value is -0.540. The Morgan fingerprint density at radius 1 is 1.44 bits per heavy atom. The van der Waals surface area contributed by atoms with E-state index in [0.29, 0.717) is 11.1 Å². The number of aryl methyl sites for hydroxylation is 1. The van der Waals surface area contributed by atoms with Crippen LogP contribution in [0.15, 0.2) is 4.42 Å². The first-order valence-electron chi connectivity index (χ1n) is 5.75. The Morgan fingerprint density at radius 2 is 2.06 bits per heavy atom. The van der Waals surface area contributed by atoms with Gasteiger partial charge in [0.15, 0.2) is 0 Å². The van der Waals surface area contributed by atoms with E-state index in [9.17, 15) is 0 Å². The molecule has 16 heavy (non-hydrogen) atoms. The second-order valence-electron chi connectivity index (χ2n) is 5.85. The highest BCUT2D eigenvalue weighted by Crippen LogP contribution is 2.37. The summed E-state index contributed by atoms with van der Waals surface area (Å²) in [5.74, 6) is 0.703. The third-order valence-corrected chi connectivity index (χ3v) is 3.34. The van der Waals surface area contributed by atoms with Crippen LogP contribution in [-0.4, -0.2) is 10.5 Å². The molecule has 2 rings (SSSR count). The molecule has 0 aliphatic heterocycles. The second-order valence-corrected chi connectivity index (χ2v) is 6.20. The van der Waals surface area contributed by atoms with Gasteiger partial charge in [0, 0.05) is 11.0 Å². The maximum Gasteiger partial charge on any atom is 0.217 e. The minimum atomic E-state index is -0.0954. The van der Waals surface area contributed by atoms with Gasteiger partial charge in [0.2, 0.25) is 11.1 Å². The lowest BCUT2D eigenvalue weighted by Crippen LogP contribution is -2.22. The van der Waals surface area contributed by atoms with Gasteiger partial charge in [-0.15, -0.1) is 0 Å². The SMILES string of the molecule is CC(C)(C)c1nc(CCC2(N)CC2)c(Cl)o1. The zero-order valence-electron chi connectivity index (χ0n) is 10.1. The van der Waals surface area contributed by atoms with Crippen LogP contribution in [0.25, 0.3) is 0 Å². The van der Waals surface area contributed by atoms with Gasteiger partial charge in [-0.1, -0.05) is 20.8 Å². The van der Waals surface area contributed by atoms with Crippen LogP contribution >= 0.6 is 11.6 Å². The molecule has 1 saturated carbocycles. The summed E-state index contributed by atoms with van der Waals surface area (Å²) in [4.78, 5) is 4.46. The van der Waals surface area contributed by atoms with E-state index in [1.807, 2.05) is 0 Å². The lowest BCUT2D eigenvalue weighted by Gasteiger charge is -2.11. The summed E-state index contributed by atoms with van der Waals surface area (Å²) in [7, 11) is 0. The van der Waals surface area contributed by atoms with Crippen molar-refractivity contribution in [1.29, 1.82) is 0 Å². The van der Waals surface area contributed by atoms with E-state index in [0.717, 1.165) is 31.4 Å². The van der Waals surface area contributed by atoms with E-state index in [1.165, 1.54) is 0 Å². The van der Waals surface area contributed by atoms with E-state index in [4.69, 9.17) is 21.8 Å². The number of oxazole rings is 1. The fourth-order valence-electron chi connectivity index (χ4n) is 1.59. The van der Waals surface area contributed by atoms with Crippen LogP contribution in [0, 0.1) is 0 Å². The minimum Gasteiger partial charge on any atom is -0.428 e. The average molecular weight is 243 g/mol. The molecule has 1 fully saturated rings. The molecule has 0 radical (unpaired) electrons. The van der Waals surface area contributed by atoms with Crippen molar-refractivity contribution in [2.45, 2.75) is 57.4 Å². The average Bonchev–Trinajstić information content (AvgIpc) is 2.74. The summed E-state index contributed by atoms with van der Waals surface area (Å²) >= 11 is 6.03. The summed E-state index contributed by atoms with van der Waals surface area (Å²) in [6.45, 7) is 6.18. The van der Waals surface area contributed by atoms with Gasteiger partial charge in [-0.25, -0.2) is 4.98 Å². The smallest absolute Gasteiger partial charge is 0.217 e. The van der Waals surface area contributed by atoms with Crippen LogP contribution in [0.4, 0.5) is 0 Å². The van der Waals surface area contributed by atoms with E-state index in [-0.39, 0.29) is 11.0 Å². The number of halogens is 1. The molecule has 1 aromatic heterocycles. The molecule has 2 N–H and O–H groups in total. The lowest BCUT2D eigenvalue weighted by molar-refractivity contribution is 0.393. The van der Waals surface area contributed by atoms with E-state index in [1.54, 1.807) is 0 Å². The molecule has 1 aromatic rings. The van der Waals surface area contributed by atoms with Gasteiger partial charge >= 0.3 is 0 Å². The normalized spacial score (nSPS) is 18.8. The number of rotatable bonds is 3. The lowest BCUT2D eigenvalue weighted by atomic mass is 9.97. The van der Waals surface area contributed by atoms with Crippen molar-refractivity contribution in [2.75, 3.05) is 0 Å². The predicted molar refractivity (Wildman–Crippen MR) is 64.7 cm³/mol. The first-order chi connectivity index (χ1) is 7.30. The number of nitrogens with zero attached hydrogens (tertiary/aromatic N) is 1. The van der Waals surface area contributed by atoms with Crippen molar-refractivity contribution in [2.24, 2.45) is 5.73 Å². The Kier molecular flexibility index (Phi) is 2.79. The standard InChI is InChI=1S/C12H19ClN2O/c1-11(2,3)10-15-8(9(13)16-10)4-5-12(14)6-7-12/h4-7,14H2,1-3H3. The summed E-state index contributed by atoms with van der Waals surface area (Å²) in [5, 5.41) is 0.425. The molecule has 0 atom stereocenters. The first-order valence-corrected chi connectivity index (χ1v) is 6.13. The van der Waals surface area contributed by atoms with Crippen molar-refractivity contribution < 1.29 is 4.42 Å². The van der Waals surface area contributed by atoms with Gasteiger partial charge in [-0.2, -0.15) is 0 Å². The third kappa shape index (κ3) is 2.58. The maximum absolute atomic E-state index is 6.04. The quantitative estimate of drug-likeness (QED) is 0.886. The van der Waals surface area contributed by atoms with Gasteiger partial charge in [0.1, 0.15) is 0 Å². The molecular formula is C12H19ClN2O. The molecule has 1 aliphatic rings. The van der Waals surface area contributed by atoms with Gasteiger partial charge in [0.05, 0.1) is 5.69 Å². The Labute approximate surface area is 101 Å². The summed E-state index contributed by atoms with van der Waals surface area (Å²) < 4.78 is 5.48. The maximum atomic E-state index is 6.04. The molecule has 1 aliphatic carbocycles. The number of hydrogen-bond donors (Lipinski definition) is 1. The molecule has 4 heteroatoms. The van der Waals surface area contributed by atoms with Crippen molar-refractivity contribution in [3.05, 3.63) is 16.8 Å². The molecule has 0 amide bonds. The molecule has 0 aromatic carbocycles. The van der Waals surface area contributed by atoms with E-state index >= 15 is 0 Å². The number of aromatic nitrogens is 1. The molecule has 0 bridgehead atoms. The van der Waals surface area contributed by atoms with Crippen LogP contribution in [-0.2, 0) is 11.8 Å². The molecule has 3 nitrogen and oxygen atoms in total. The van der Waals surface area contributed by atoms with E-state index in [2.05, 4.69) is 25.8 Å². The topological polar surface area (TPSA) is 52.0 Å². The molecule has 90 valence electrons. The van der Waals surface area contributed by atoms with Crippen molar-refractivity contribution >= 4 is 11.6 Å². The Bertz CT molecular complexity index is 388. The van der Waals surface area contributed by atoms with Gasteiger partial charge in [0.25, 0.3) is 0 Å². The third-order valence-electron chi connectivity index (χ3n) is 3.04. The Balaban J connectivity index is 2.06. The molecular weight excluding hydrogens is 224 g/mol. The van der Waals surface area contributed by atoms with Gasteiger partial charge in [-0.3, -0.25) is 0 Å². The fourth-order valence-corrected chi connectivity index (χ4v) is 1.80. The van der Waals surface area contributed by atoms with Crippen molar-refractivity contribution in [1.82, 2.24) is 4.98 Å². The molecule has 0 saturated heterocycles. The first kappa shape index (κ1) is 11.9. The summed E-state index contributed by atoms with van der Waals surface area (Å²) in [5.41, 5.74) is 6.84. The zero-order chi connectivity index (χ0) is 12.0. The highest BCUT2D eigenvalue weighted by atomic mass is 35.5. The van der Waals surface area contributed by atoms with Crippen LogP contribution in [0.3, 0.4) is 0 Å². The molecule has 0 spiro atoms. The van der Waals surface area contributed by atoms with Crippen LogP contribution < -0.4 is 5.73 Å². The highest BCUT2D eigenvalue weighted by molar-refractivity contribution is 6.29. The van der Waals surface area contributed by atoms with E-state index < -0.39 is 0 Å². The highest BCUT2D eigenvalue weighted by Gasteiger charge is 2.38. The monoisotopic (exact) mass is 242 g/mol. The van der Waals surface area contributed by atoms with Crippen molar-refractivity contribution in [3.63, 3.8) is 0 Å². The zero-order valence-corrected chi connectivity index (χ0v) is 10.9. The minimum absolute atomic E-state index is 0.0458. The Morgan fingerprint density at radius 3 is 2.50 bits per heavy atom. The summed E-state index contributed by atoms with van der Waals surface area (Å²) in [6.07, 6.45) is 4.00. The van der Waals surface area contributed by atoms with Crippen LogP contribution in [0.2, 0.25) is 5.22 Å². The number of hydrogen-bond acceptors (Lipinski definition) is 3. The van der Waals surface area contributed by atoms with Gasteiger partial charge in [-0.05, 0) is 37.3 Å². The second kappa shape index (κ2) is 3.74. The molecule has 1 heterocycles. The van der Waals surface area contributed by atoms with Crippen LogP contribution in [0.1, 0.15) is 51.6 Å². The predicted octanol–water partition coefficient (Wildman–Crippen LogP) is 3.05. The van der Waals surface area contributed by atoms with Crippen molar-refractivity contribution in [3.8, 4) is 0 Å².